The molecule has 1 fully saturated rings. The van der Waals surface area contributed by atoms with E-state index < -0.39 is 0 Å². The normalized spacial score (nSPS) is 18.5. The van der Waals surface area contributed by atoms with Crippen LogP contribution in [0.15, 0.2) is 76.2 Å². The molecule has 1 aliphatic carbocycles. The van der Waals surface area contributed by atoms with Gasteiger partial charge in [-0.25, -0.2) is 0 Å². The molecule has 200 valence electrons. The monoisotopic (exact) mass is 514 g/mol. The number of likely N-dealkylation sites (tertiary alicyclic amines) is 1. The van der Waals surface area contributed by atoms with E-state index in [1.165, 1.54) is 0 Å². The fraction of sp³-hybridized carbons (Fsp3) is 0.419. The van der Waals surface area contributed by atoms with Gasteiger partial charge in [0.1, 0.15) is 0 Å². The van der Waals surface area contributed by atoms with Crippen molar-refractivity contribution in [3.8, 4) is 11.5 Å². The van der Waals surface area contributed by atoms with Gasteiger partial charge in [-0.3, -0.25) is 9.78 Å². The summed E-state index contributed by atoms with van der Waals surface area (Å²) in [5.74, 6) is 2.34. The number of Topliss-reactive ketones (excluding diaryl/α,β-unsaturated/α-hetero) is 1. The maximum atomic E-state index is 13.0. The van der Waals surface area contributed by atoms with Crippen LogP contribution in [0.2, 0.25) is 0 Å². The molecule has 0 spiro atoms. The molecule has 2 heterocycles. The van der Waals surface area contributed by atoms with Crippen molar-refractivity contribution in [3.05, 3.63) is 77.2 Å². The predicted octanol–water partition coefficient (Wildman–Crippen LogP) is 6.18. The fourth-order valence-electron chi connectivity index (χ4n) is 5.04. The number of piperidine rings is 1. The van der Waals surface area contributed by atoms with E-state index in [4.69, 9.17) is 19.7 Å². The topological polar surface area (TPSA) is 76.4 Å². The molecule has 1 aliphatic heterocycles. The minimum absolute atomic E-state index is 0.0986. The lowest BCUT2D eigenvalue weighted by molar-refractivity contribution is -0.113. The number of pyridine rings is 1. The second kappa shape index (κ2) is 12.2. The molecule has 1 atom stereocenters. The number of hydrogen-bond acceptors (Lipinski definition) is 6. The molecular weight excluding hydrogens is 476 g/mol. The molecule has 1 saturated heterocycles. The Labute approximate surface area is 226 Å². The molecule has 38 heavy (non-hydrogen) atoms. The molecule has 0 saturated carbocycles. The Morgan fingerprint density at radius 3 is 2.32 bits per heavy atom. The summed E-state index contributed by atoms with van der Waals surface area (Å²) in [5, 5.41) is 9.61. The molecule has 7 nitrogen and oxygen atoms in total. The summed E-state index contributed by atoms with van der Waals surface area (Å²) >= 11 is 0. The molecule has 1 aromatic carbocycles. The number of aromatic nitrogens is 1. The van der Waals surface area contributed by atoms with Crippen LogP contribution in [0.5, 0.6) is 11.5 Å². The Hall–Kier alpha value is -3.74. The van der Waals surface area contributed by atoms with Gasteiger partial charge in [0, 0.05) is 35.6 Å². The number of allylic oxidation sites excluding steroid dienone is 4. The van der Waals surface area contributed by atoms with Crippen LogP contribution in [-0.2, 0) is 4.79 Å². The van der Waals surface area contributed by atoms with E-state index in [1.807, 2.05) is 70.3 Å². The van der Waals surface area contributed by atoms with Gasteiger partial charge >= 0.3 is 0 Å². The number of benzene rings is 1. The van der Waals surface area contributed by atoms with E-state index in [1.54, 1.807) is 20.4 Å². The number of nitrogens with zero attached hydrogens (tertiary/aromatic N) is 4. The zero-order valence-electron chi connectivity index (χ0n) is 23.3. The first-order chi connectivity index (χ1) is 18.3. The summed E-state index contributed by atoms with van der Waals surface area (Å²) in [7, 11) is 3.26. The van der Waals surface area contributed by atoms with Gasteiger partial charge in [-0.2, -0.15) is 0 Å². The highest BCUT2D eigenvalue weighted by molar-refractivity contribution is 6.22. The van der Waals surface area contributed by atoms with Crippen molar-refractivity contribution >= 4 is 17.3 Å². The second-order valence-corrected chi connectivity index (χ2v) is 10.3. The van der Waals surface area contributed by atoms with Crippen molar-refractivity contribution in [1.82, 2.24) is 9.88 Å². The maximum Gasteiger partial charge on any atom is 0.185 e. The van der Waals surface area contributed by atoms with Gasteiger partial charge in [-0.1, -0.05) is 33.8 Å². The average molecular weight is 515 g/mol. The van der Waals surface area contributed by atoms with Crippen LogP contribution in [-0.4, -0.2) is 48.0 Å². The van der Waals surface area contributed by atoms with Crippen molar-refractivity contribution in [3.63, 3.8) is 0 Å². The van der Waals surface area contributed by atoms with Crippen LogP contribution in [0, 0.1) is 11.8 Å². The summed E-state index contributed by atoms with van der Waals surface area (Å²) in [5.41, 5.74) is 4.26. The molecule has 0 amide bonds. The van der Waals surface area contributed by atoms with Gasteiger partial charge < -0.3 is 14.4 Å². The van der Waals surface area contributed by atoms with Gasteiger partial charge in [0.05, 0.1) is 26.0 Å². The van der Waals surface area contributed by atoms with Gasteiger partial charge in [-0.15, -0.1) is 10.2 Å². The first-order valence-corrected chi connectivity index (χ1v) is 13.4. The van der Waals surface area contributed by atoms with Crippen LogP contribution in [0.3, 0.4) is 0 Å². The molecule has 1 unspecified atom stereocenters. The van der Waals surface area contributed by atoms with Crippen molar-refractivity contribution < 1.29 is 14.3 Å². The number of rotatable bonds is 7. The molecule has 0 N–H and O–H groups in total. The van der Waals surface area contributed by atoms with E-state index in [-0.39, 0.29) is 23.7 Å². The SMILES string of the molecule is COc1ccc(/C(=N/N=C2C=C(C(C)C)C(=O)C(C(C)C)=C2)N2CCCCC2c2cccnc2)cc1OC. The Morgan fingerprint density at radius 2 is 1.71 bits per heavy atom. The van der Waals surface area contributed by atoms with Gasteiger partial charge in [0.15, 0.2) is 23.1 Å². The lowest BCUT2D eigenvalue weighted by Gasteiger charge is -2.38. The van der Waals surface area contributed by atoms with Crippen LogP contribution in [0.25, 0.3) is 0 Å². The maximum absolute atomic E-state index is 13.0. The number of carbonyl (C=O) groups excluding carboxylic acids is 1. The Balaban J connectivity index is 1.86. The van der Waals surface area contributed by atoms with Crippen LogP contribution in [0.4, 0.5) is 0 Å². The minimum atomic E-state index is 0.0986. The van der Waals surface area contributed by atoms with Crippen molar-refractivity contribution in [2.45, 2.75) is 53.0 Å². The molecule has 7 heteroatoms. The van der Waals surface area contributed by atoms with E-state index in [0.717, 1.165) is 53.9 Å². The second-order valence-electron chi connectivity index (χ2n) is 10.3. The van der Waals surface area contributed by atoms with Crippen LogP contribution < -0.4 is 9.47 Å². The zero-order valence-corrected chi connectivity index (χ0v) is 23.3. The number of hydrogen-bond donors (Lipinski definition) is 0. The van der Waals surface area contributed by atoms with Gasteiger partial charge in [-0.05, 0) is 73.1 Å². The van der Waals surface area contributed by atoms with E-state index in [0.29, 0.717) is 17.2 Å². The molecule has 2 aromatic rings. The smallest absolute Gasteiger partial charge is 0.185 e. The van der Waals surface area contributed by atoms with E-state index in [9.17, 15) is 4.79 Å². The molecule has 2 aliphatic rings. The zero-order chi connectivity index (χ0) is 27.2. The first kappa shape index (κ1) is 27.3. The van der Waals surface area contributed by atoms with Crippen molar-refractivity contribution in [2.75, 3.05) is 20.8 Å². The third-order valence-electron chi connectivity index (χ3n) is 7.12. The lowest BCUT2D eigenvalue weighted by Crippen LogP contribution is -2.39. The fourth-order valence-corrected chi connectivity index (χ4v) is 5.04. The quantitative estimate of drug-likeness (QED) is 0.191. The predicted molar refractivity (Wildman–Crippen MR) is 152 cm³/mol. The summed E-state index contributed by atoms with van der Waals surface area (Å²) < 4.78 is 11.1. The highest BCUT2D eigenvalue weighted by Gasteiger charge is 2.29. The van der Waals surface area contributed by atoms with Crippen LogP contribution >= 0.6 is 0 Å². The van der Waals surface area contributed by atoms with Crippen molar-refractivity contribution in [1.29, 1.82) is 0 Å². The molecule has 4 rings (SSSR count). The Morgan fingerprint density at radius 1 is 1.00 bits per heavy atom. The van der Waals surface area contributed by atoms with E-state index in [2.05, 4.69) is 16.0 Å². The Bertz CT molecular complexity index is 1250. The lowest BCUT2D eigenvalue weighted by atomic mass is 9.84. The third-order valence-corrected chi connectivity index (χ3v) is 7.12. The number of ether oxygens (including phenoxy) is 2. The molecular formula is C31H38N4O3. The van der Waals surface area contributed by atoms with Crippen molar-refractivity contribution in [2.24, 2.45) is 22.0 Å². The number of amidine groups is 1. The third kappa shape index (κ3) is 5.87. The molecule has 0 radical (unpaired) electrons. The number of carbonyl (C=O) groups is 1. The summed E-state index contributed by atoms with van der Waals surface area (Å²) in [6.45, 7) is 8.99. The summed E-state index contributed by atoms with van der Waals surface area (Å²) in [4.78, 5) is 19.7. The van der Waals surface area contributed by atoms with Gasteiger partial charge in [0.25, 0.3) is 0 Å². The van der Waals surface area contributed by atoms with E-state index >= 15 is 0 Å². The largest absolute Gasteiger partial charge is 0.493 e. The number of methoxy groups -OCH3 is 2. The number of ketones is 1. The van der Waals surface area contributed by atoms with Crippen LogP contribution in [0.1, 0.15) is 64.1 Å². The van der Waals surface area contributed by atoms with Gasteiger partial charge in [0.2, 0.25) is 0 Å². The highest BCUT2D eigenvalue weighted by Crippen LogP contribution is 2.34. The molecule has 0 bridgehead atoms. The summed E-state index contributed by atoms with van der Waals surface area (Å²) in [6.07, 6.45) is 10.7. The minimum Gasteiger partial charge on any atom is -0.493 e. The standard InChI is InChI=1S/C31H38N4O3/c1-20(2)25-17-24(18-26(21(3)4)30(25)36)33-34-31(22-12-13-28(37-5)29(16-22)38-6)35-15-8-7-11-27(35)23-10-9-14-32-19-23/h9-10,12-14,16-21,27H,7-8,11,15H2,1-6H3/b34-31-. The first-order valence-electron chi connectivity index (χ1n) is 13.4. The average Bonchev–Trinajstić information content (AvgIpc) is 2.94. The highest BCUT2D eigenvalue weighted by atomic mass is 16.5. The Kier molecular flexibility index (Phi) is 8.77. The molecule has 1 aromatic heterocycles. The summed E-state index contributed by atoms with van der Waals surface area (Å²) in [6, 6.07) is 10.1.